The summed E-state index contributed by atoms with van der Waals surface area (Å²) in [6.45, 7) is 1.12. The number of methoxy groups -OCH3 is 1. The highest BCUT2D eigenvalue weighted by Crippen LogP contribution is 2.04. The van der Waals surface area contributed by atoms with E-state index in [9.17, 15) is 14.4 Å². The van der Waals surface area contributed by atoms with Crippen LogP contribution in [0.15, 0.2) is 0 Å². The molecule has 4 N–H and O–H groups in total. The summed E-state index contributed by atoms with van der Waals surface area (Å²) in [6.07, 6.45) is 0.667. The Balaban J connectivity index is 3.89. The summed E-state index contributed by atoms with van der Waals surface area (Å²) >= 11 is 1.43. The topological polar surface area (TPSA) is 128 Å². The third-order valence-electron chi connectivity index (χ3n) is 2.36. The highest BCUT2D eigenvalue weighted by atomic mass is 32.2. The van der Waals surface area contributed by atoms with Crippen LogP contribution in [0.3, 0.4) is 0 Å². The number of aliphatic hydroxyl groups excluding tert-OH is 1. The molecule has 0 rings (SSSR count). The molecule has 0 aromatic rings. The van der Waals surface area contributed by atoms with Crippen LogP contribution in [0.25, 0.3) is 0 Å². The van der Waals surface area contributed by atoms with E-state index in [4.69, 9.17) is 15.6 Å². The molecule has 0 aliphatic rings. The van der Waals surface area contributed by atoms with E-state index >= 15 is 0 Å². The Bertz CT molecular complexity index is 353. The van der Waals surface area contributed by atoms with Crippen molar-refractivity contribution in [3.05, 3.63) is 0 Å². The number of esters is 2. The lowest BCUT2D eigenvalue weighted by atomic mass is 10.2. The summed E-state index contributed by atoms with van der Waals surface area (Å²) in [4.78, 5) is 33.4. The van der Waals surface area contributed by atoms with Gasteiger partial charge in [-0.25, -0.2) is 4.79 Å². The third kappa shape index (κ3) is 9.27. The minimum atomic E-state index is -1.11. The lowest BCUT2D eigenvalue weighted by Crippen LogP contribution is -2.51. The number of nitrogens with one attached hydrogen (secondary N) is 1. The average Bonchev–Trinajstić information content (AvgIpc) is 2.46. The number of carbonyl (C=O) groups is 3. The third-order valence-corrected chi connectivity index (χ3v) is 3.53. The van der Waals surface area contributed by atoms with E-state index in [2.05, 4.69) is 10.1 Å². The molecule has 0 saturated heterocycles. The molecular formula is C12H22N2O6S. The maximum Gasteiger partial charge on any atom is 0.330 e. The van der Waals surface area contributed by atoms with Crippen molar-refractivity contribution in [2.75, 3.05) is 31.8 Å². The highest BCUT2D eigenvalue weighted by Gasteiger charge is 2.23. The average molecular weight is 322 g/mol. The second kappa shape index (κ2) is 11.4. The Morgan fingerprint density at radius 1 is 1.38 bits per heavy atom. The largest absolute Gasteiger partial charge is 0.467 e. The van der Waals surface area contributed by atoms with Gasteiger partial charge in [0.05, 0.1) is 26.4 Å². The summed E-state index contributed by atoms with van der Waals surface area (Å²) in [5.41, 5.74) is 5.67. The van der Waals surface area contributed by atoms with E-state index in [1.165, 1.54) is 18.7 Å². The van der Waals surface area contributed by atoms with Crippen LogP contribution < -0.4 is 11.1 Å². The van der Waals surface area contributed by atoms with Crippen molar-refractivity contribution in [1.82, 2.24) is 5.32 Å². The van der Waals surface area contributed by atoms with Gasteiger partial charge in [-0.3, -0.25) is 9.59 Å². The first kappa shape index (κ1) is 19.7. The molecule has 0 unspecified atom stereocenters. The molecular weight excluding hydrogens is 300 g/mol. The SMILES string of the molecule is COC(=O)[C@H](CO)NC(=O)[C@@H](N)CSCCCOC(C)=O. The summed E-state index contributed by atoms with van der Waals surface area (Å²) in [5, 5.41) is 11.3. The second-order valence-electron chi connectivity index (χ2n) is 4.14. The van der Waals surface area contributed by atoms with Gasteiger partial charge in [-0.1, -0.05) is 0 Å². The molecule has 9 heteroatoms. The van der Waals surface area contributed by atoms with E-state index in [0.717, 1.165) is 7.11 Å². The number of ether oxygens (including phenoxy) is 2. The summed E-state index contributed by atoms with van der Waals surface area (Å²) in [7, 11) is 1.16. The first-order valence-electron chi connectivity index (χ1n) is 6.38. The van der Waals surface area contributed by atoms with Crippen molar-refractivity contribution < 1.29 is 29.0 Å². The number of thioether (sulfide) groups is 1. The molecule has 0 radical (unpaired) electrons. The molecule has 8 nitrogen and oxygen atoms in total. The van der Waals surface area contributed by atoms with Crippen LogP contribution in [0.1, 0.15) is 13.3 Å². The molecule has 122 valence electrons. The number of hydrogen-bond acceptors (Lipinski definition) is 8. The molecule has 0 spiro atoms. The lowest BCUT2D eigenvalue weighted by molar-refractivity contribution is -0.146. The van der Waals surface area contributed by atoms with Crippen molar-refractivity contribution >= 4 is 29.6 Å². The summed E-state index contributed by atoms with van der Waals surface area (Å²) in [6, 6.07) is -1.91. The predicted molar refractivity (Wildman–Crippen MR) is 77.6 cm³/mol. The molecule has 0 heterocycles. The van der Waals surface area contributed by atoms with Crippen LogP contribution in [0.2, 0.25) is 0 Å². The van der Waals surface area contributed by atoms with Gasteiger partial charge in [0.1, 0.15) is 0 Å². The fraction of sp³-hybridized carbons (Fsp3) is 0.750. The van der Waals surface area contributed by atoms with Crippen molar-refractivity contribution in [3.8, 4) is 0 Å². The van der Waals surface area contributed by atoms with Crippen molar-refractivity contribution in [1.29, 1.82) is 0 Å². The number of carbonyl (C=O) groups excluding carboxylic acids is 3. The zero-order valence-electron chi connectivity index (χ0n) is 12.2. The van der Waals surface area contributed by atoms with Gasteiger partial charge < -0.3 is 25.6 Å². The van der Waals surface area contributed by atoms with E-state index < -0.39 is 30.6 Å². The predicted octanol–water partition coefficient (Wildman–Crippen LogP) is -1.35. The maximum atomic E-state index is 11.7. The standard InChI is InChI=1S/C12H22N2O6S/c1-8(16)20-4-3-5-21-7-9(13)11(17)14-10(6-15)12(18)19-2/h9-10,15H,3-7,13H2,1-2H3,(H,14,17)/t9-,10-/m0/s1. The molecule has 0 aromatic carbocycles. The fourth-order valence-corrected chi connectivity index (χ4v) is 2.16. The first-order chi connectivity index (χ1) is 9.92. The number of aliphatic hydroxyl groups is 1. The quantitative estimate of drug-likeness (QED) is 0.333. The van der Waals surface area contributed by atoms with Gasteiger partial charge >= 0.3 is 11.9 Å². The molecule has 0 aliphatic heterocycles. The molecule has 1 amide bonds. The molecule has 0 aromatic heterocycles. The summed E-state index contributed by atoms with van der Waals surface area (Å²) < 4.78 is 9.19. The van der Waals surface area contributed by atoms with Crippen LogP contribution in [0, 0.1) is 0 Å². The number of hydrogen-bond donors (Lipinski definition) is 3. The van der Waals surface area contributed by atoms with Crippen LogP contribution in [-0.2, 0) is 23.9 Å². The Hall–Kier alpha value is -1.32. The van der Waals surface area contributed by atoms with E-state index in [-0.39, 0.29) is 5.97 Å². The van der Waals surface area contributed by atoms with Crippen LogP contribution >= 0.6 is 11.8 Å². The molecule has 21 heavy (non-hydrogen) atoms. The van der Waals surface area contributed by atoms with Gasteiger partial charge in [-0.2, -0.15) is 11.8 Å². The fourth-order valence-electron chi connectivity index (χ4n) is 1.26. The number of rotatable bonds is 10. The molecule has 0 fully saturated rings. The van der Waals surface area contributed by atoms with Gasteiger partial charge in [0.15, 0.2) is 6.04 Å². The van der Waals surface area contributed by atoms with Gasteiger partial charge in [-0.05, 0) is 12.2 Å². The molecule has 2 atom stereocenters. The lowest BCUT2D eigenvalue weighted by Gasteiger charge is -2.17. The number of nitrogens with two attached hydrogens (primary N) is 1. The van der Waals surface area contributed by atoms with Gasteiger partial charge in [0, 0.05) is 12.7 Å². The van der Waals surface area contributed by atoms with E-state index in [0.29, 0.717) is 24.5 Å². The van der Waals surface area contributed by atoms with Crippen molar-refractivity contribution in [2.45, 2.75) is 25.4 Å². The molecule has 0 saturated carbocycles. The zero-order valence-corrected chi connectivity index (χ0v) is 13.0. The van der Waals surface area contributed by atoms with Gasteiger partial charge in [0.25, 0.3) is 0 Å². The smallest absolute Gasteiger partial charge is 0.330 e. The monoisotopic (exact) mass is 322 g/mol. The zero-order chi connectivity index (χ0) is 16.3. The van der Waals surface area contributed by atoms with Crippen LogP contribution in [0.5, 0.6) is 0 Å². The molecule has 0 aliphatic carbocycles. The normalized spacial score (nSPS) is 13.1. The highest BCUT2D eigenvalue weighted by molar-refractivity contribution is 7.99. The Morgan fingerprint density at radius 2 is 2.05 bits per heavy atom. The van der Waals surface area contributed by atoms with Crippen molar-refractivity contribution in [3.63, 3.8) is 0 Å². The van der Waals surface area contributed by atoms with Crippen LogP contribution in [-0.4, -0.2) is 66.9 Å². The first-order valence-corrected chi connectivity index (χ1v) is 7.53. The van der Waals surface area contributed by atoms with E-state index in [1.54, 1.807) is 0 Å². The van der Waals surface area contributed by atoms with Crippen LogP contribution in [0.4, 0.5) is 0 Å². The summed E-state index contributed by atoms with van der Waals surface area (Å²) in [5.74, 6) is -0.548. The minimum Gasteiger partial charge on any atom is -0.467 e. The Kier molecular flexibility index (Phi) is 10.6. The molecule has 0 bridgehead atoms. The minimum absolute atomic E-state index is 0.325. The Morgan fingerprint density at radius 3 is 2.57 bits per heavy atom. The number of amides is 1. The van der Waals surface area contributed by atoms with Crippen molar-refractivity contribution in [2.24, 2.45) is 5.73 Å². The Labute approximate surface area is 127 Å². The van der Waals surface area contributed by atoms with E-state index in [1.807, 2.05) is 0 Å². The van der Waals surface area contributed by atoms with Gasteiger partial charge in [0.2, 0.25) is 5.91 Å². The maximum absolute atomic E-state index is 11.7. The second-order valence-corrected chi connectivity index (χ2v) is 5.29. The van der Waals surface area contributed by atoms with Gasteiger partial charge in [-0.15, -0.1) is 0 Å².